The smallest absolute Gasteiger partial charge is 0.306 e. The van der Waals surface area contributed by atoms with Gasteiger partial charge in [-0.1, -0.05) is 0 Å². The number of hydrogen-bond acceptors (Lipinski definition) is 3. The van der Waals surface area contributed by atoms with E-state index in [1.54, 1.807) is 0 Å². The van der Waals surface area contributed by atoms with Crippen molar-refractivity contribution in [2.24, 2.45) is 0 Å². The van der Waals surface area contributed by atoms with Crippen molar-refractivity contribution < 1.29 is 20.1 Å². The van der Waals surface area contributed by atoms with E-state index in [4.69, 9.17) is 15.3 Å². The Morgan fingerprint density at radius 2 is 1.92 bits per heavy atom. The Hall–Kier alpha value is -1.05. The van der Waals surface area contributed by atoms with Gasteiger partial charge in [0.15, 0.2) is 0 Å². The molecule has 1 unspecified atom stereocenters. The molecular weight excluding hydrogens is 160 g/mol. The van der Waals surface area contributed by atoms with Gasteiger partial charge in [-0.2, -0.15) is 0 Å². The van der Waals surface area contributed by atoms with Crippen molar-refractivity contribution in [2.75, 3.05) is 6.61 Å². The fraction of sp³-hybridized carbons (Fsp3) is 0.625. The Balaban J connectivity index is 0. The van der Waals surface area contributed by atoms with Gasteiger partial charge in [-0.05, 0) is 13.3 Å². The molecular formula is C8H14O4. The van der Waals surface area contributed by atoms with Gasteiger partial charge in [0.2, 0.25) is 0 Å². The molecule has 0 fully saturated rings. The van der Waals surface area contributed by atoms with E-state index in [1.165, 1.54) is 6.92 Å². The van der Waals surface area contributed by atoms with Gasteiger partial charge in [-0.3, -0.25) is 4.79 Å². The molecule has 70 valence electrons. The fourth-order valence-electron chi connectivity index (χ4n) is 0.655. The third kappa shape index (κ3) is 8.95. The normalized spacial score (nSPS) is 13.8. The molecule has 12 heavy (non-hydrogen) atoms. The number of rotatable bonds is 4. The standard InChI is InChI=1S/C6H12O4.C2H2/c1-6(10,2-3-7)4-5(8)9;1-2/h7,10H,2-4H2,1H3,(H,8,9);1-2H. The summed E-state index contributed by atoms with van der Waals surface area (Å²) in [6.45, 7) is 1.19. The van der Waals surface area contributed by atoms with E-state index in [2.05, 4.69) is 12.8 Å². The Bertz CT molecular complexity index is 148. The molecule has 4 nitrogen and oxygen atoms in total. The first-order valence-corrected chi connectivity index (χ1v) is 3.36. The molecule has 0 aromatic carbocycles. The van der Waals surface area contributed by atoms with Gasteiger partial charge in [0.1, 0.15) is 0 Å². The van der Waals surface area contributed by atoms with E-state index in [0.717, 1.165) is 0 Å². The average molecular weight is 174 g/mol. The number of hydrogen-bond donors (Lipinski definition) is 3. The Labute approximate surface area is 71.8 Å². The number of aliphatic hydroxyl groups is 2. The minimum atomic E-state index is -1.28. The van der Waals surface area contributed by atoms with Gasteiger partial charge < -0.3 is 15.3 Å². The number of carbonyl (C=O) groups is 1. The first kappa shape index (κ1) is 13.5. The molecule has 1 atom stereocenters. The summed E-state index contributed by atoms with van der Waals surface area (Å²) < 4.78 is 0. The van der Waals surface area contributed by atoms with Crippen molar-refractivity contribution in [1.29, 1.82) is 0 Å². The summed E-state index contributed by atoms with van der Waals surface area (Å²) in [6.07, 6.45) is 7.77. The first-order chi connectivity index (χ1) is 5.48. The van der Waals surface area contributed by atoms with E-state index in [-0.39, 0.29) is 19.4 Å². The molecule has 0 saturated heterocycles. The van der Waals surface area contributed by atoms with E-state index < -0.39 is 11.6 Å². The van der Waals surface area contributed by atoms with Crippen molar-refractivity contribution in [1.82, 2.24) is 0 Å². The van der Waals surface area contributed by atoms with Gasteiger partial charge in [0.25, 0.3) is 0 Å². The summed E-state index contributed by atoms with van der Waals surface area (Å²) in [5, 5.41) is 25.7. The first-order valence-electron chi connectivity index (χ1n) is 3.36. The number of terminal acetylenes is 1. The lowest BCUT2D eigenvalue weighted by Crippen LogP contribution is -2.28. The topological polar surface area (TPSA) is 77.8 Å². The lowest BCUT2D eigenvalue weighted by atomic mass is 9.99. The van der Waals surface area contributed by atoms with Crippen LogP contribution in [-0.2, 0) is 4.79 Å². The largest absolute Gasteiger partial charge is 0.481 e. The van der Waals surface area contributed by atoms with Crippen LogP contribution in [0.15, 0.2) is 0 Å². The van der Waals surface area contributed by atoms with Crippen LogP contribution in [0.25, 0.3) is 0 Å². The lowest BCUT2D eigenvalue weighted by Gasteiger charge is -2.18. The van der Waals surface area contributed by atoms with Crippen molar-refractivity contribution in [3.8, 4) is 12.8 Å². The molecule has 3 N–H and O–H groups in total. The molecule has 0 spiro atoms. The second-order valence-electron chi connectivity index (χ2n) is 2.54. The van der Waals surface area contributed by atoms with Crippen molar-refractivity contribution in [2.45, 2.75) is 25.4 Å². The summed E-state index contributed by atoms with van der Waals surface area (Å²) in [5.74, 6) is -1.06. The summed E-state index contributed by atoms with van der Waals surface area (Å²) >= 11 is 0. The minimum Gasteiger partial charge on any atom is -0.481 e. The van der Waals surface area contributed by atoms with Crippen LogP contribution < -0.4 is 0 Å². The van der Waals surface area contributed by atoms with Crippen LogP contribution in [0.5, 0.6) is 0 Å². The maximum atomic E-state index is 10.0. The number of carboxylic acids is 1. The SMILES string of the molecule is C#C.CC(O)(CCO)CC(=O)O. The minimum absolute atomic E-state index is 0.0965. The van der Waals surface area contributed by atoms with Crippen molar-refractivity contribution in [3.63, 3.8) is 0 Å². The highest BCUT2D eigenvalue weighted by Gasteiger charge is 2.22. The summed E-state index contributed by atoms with van der Waals surface area (Å²) in [6, 6.07) is 0. The number of aliphatic carboxylic acids is 1. The zero-order valence-electron chi connectivity index (χ0n) is 7.03. The molecule has 0 aromatic heterocycles. The molecule has 0 aliphatic rings. The monoisotopic (exact) mass is 174 g/mol. The van der Waals surface area contributed by atoms with Gasteiger partial charge in [0, 0.05) is 6.61 Å². The van der Waals surface area contributed by atoms with E-state index in [0.29, 0.717) is 0 Å². The van der Waals surface area contributed by atoms with Crippen LogP contribution in [0.1, 0.15) is 19.8 Å². The van der Waals surface area contributed by atoms with Crippen LogP contribution in [0, 0.1) is 12.8 Å². The van der Waals surface area contributed by atoms with Crippen molar-refractivity contribution in [3.05, 3.63) is 0 Å². The highest BCUT2D eigenvalue weighted by atomic mass is 16.4. The molecule has 4 heteroatoms. The number of aliphatic hydroxyl groups excluding tert-OH is 1. The summed E-state index contributed by atoms with van der Waals surface area (Å²) in [7, 11) is 0. The molecule has 0 heterocycles. The summed E-state index contributed by atoms with van der Waals surface area (Å²) in [5.41, 5.74) is -1.28. The predicted molar refractivity (Wildman–Crippen MR) is 44.5 cm³/mol. The Morgan fingerprint density at radius 1 is 1.50 bits per heavy atom. The van der Waals surface area contributed by atoms with Gasteiger partial charge in [-0.15, -0.1) is 12.8 Å². The van der Waals surface area contributed by atoms with Crippen LogP contribution >= 0.6 is 0 Å². The summed E-state index contributed by atoms with van der Waals surface area (Å²) in [4.78, 5) is 10.0. The zero-order valence-corrected chi connectivity index (χ0v) is 7.03. The third-order valence-corrected chi connectivity index (χ3v) is 1.18. The van der Waals surface area contributed by atoms with E-state index >= 15 is 0 Å². The second-order valence-corrected chi connectivity index (χ2v) is 2.54. The molecule has 0 aromatic rings. The zero-order chi connectivity index (χ0) is 10.2. The predicted octanol–water partition coefficient (Wildman–Crippen LogP) is -0.156. The maximum absolute atomic E-state index is 10.0. The van der Waals surface area contributed by atoms with Crippen LogP contribution in [0.2, 0.25) is 0 Å². The Morgan fingerprint density at radius 3 is 2.17 bits per heavy atom. The second kappa shape index (κ2) is 6.65. The van der Waals surface area contributed by atoms with Crippen molar-refractivity contribution >= 4 is 5.97 Å². The molecule has 0 radical (unpaired) electrons. The van der Waals surface area contributed by atoms with E-state index in [1.807, 2.05) is 0 Å². The molecule has 0 amide bonds. The molecule has 0 bridgehead atoms. The fourth-order valence-corrected chi connectivity index (χ4v) is 0.655. The highest BCUT2D eigenvalue weighted by Crippen LogP contribution is 2.12. The maximum Gasteiger partial charge on any atom is 0.306 e. The molecule has 0 rings (SSSR count). The third-order valence-electron chi connectivity index (χ3n) is 1.18. The average Bonchev–Trinajstić information content (AvgIpc) is 1.88. The van der Waals surface area contributed by atoms with Crippen LogP contribution in [0.4, 0.5) is 0 Å². The van der Waals surface area contributed by atoms with Gasteiger partial charge in [0.05, 0.1) is 12.0 Å². The molecule has 0 saturated carbocycles. The van der Waals surface area contributed by atoms with Crippen LogP contribution in [-0.4, -0.2) is 33.5 Å². The number of carboxylic acid groups (broad SMARTS) is 1. The lowest BCUT2D eigenvalue weighted by molar-refractivity contribution is -0.142. The highest BCUT2D eigenvalue weighted by molar-refractivity contribution is 5.67. The van der Waals surface area contributed by atoms with Gasteiger partial charge in [-0.25, -0.2) is 0 Å². The van der Waals surface area contributed by atoms with E-state index in [9.17, 15) is 4.79 Å². The quantitative estimate of drug-likeness (QED) is 0.518. The van der Waals surface area contributed by atoms with Gasteiger partial charge >= 0.3 is 5.97 Å². The van der Waals surface area contributed by atoms with Crippen LogP contribution in [0.3, 0.4) is 0 Å². The Kier molecular flexibility index (Phi) is 7.50. The molecule has 0 aliphatic heterocycles. The molecule has 0 aliphatic carbocycles.